The third-order valence-electron chi connectivity index (χ3n) is 2.52. The average Bonchev–Trinajstić information content (AvgIpc) is 2.80. The minimum atomic E-state index is -0.562. The van der Waals surface area contributed by atoms with Gasteiger partial charge in [0.25, 0.3) is 0 Å². The van der Waals surface area contributed by atoms with Gasteiger partial charge in [0.2, 0.25) is 5.91 Å². The Morgan fingerprint density at radius 3 is 2.74 bits per heavy atom. The van der Waals surface area contributed by atoms with Gasteiger partial charge in [-0.15, -0.1) is 0 Å². The van der Waals surface area contributed by atoms with Gasteiger partial charge in [-0.25, -0.2) is 4.98 Å². The minimum Gasteiger partial charge on any atom is -0.366 e. The van der Waals surface area contributed by atoms with Crippen LogP contribution in [-0.4, -0.2) is 20.7 Å². The van der Waals surface area contributed by atoms with Crippen molar-refractivity contribution in [2.75, 3.05) is 5.32 Å². The van der Waals surface area contributed by atoms with E-state index < -0.39 is 5.91 Å². The number of pyridine rings is 1. The van der Waals surface area contributed by atoms with Crippen molar-refractivity contribution in [2.45, 2.75) is 19.9 Å². The molecule has 2 aromatic rings. The normalized spacial score (nSPS) is 10.7. The Balaban J connectivity index is 2.20. The van der Waals surface area contributed by atoms with Crippen molar-refractivity contribution in [1.29, 1.82) is 0 Å². The topological polar surface area (TPSA) is 85.8 Å². The fraction of sp³-hybridized carbons (Fsp3) is 0.250. The highest BCUT2D eigenvalue weighted by molar-refractivity contribution is 6.33. The molecule has 0 aliphatic rings. The number of nitrogens with zero attached hydrogens (tertiary/aromatic N) is 3. The molecule has 1 amide bonds. The van der Waals surface area contributed by atoms with Crippen LogP contribution in [0.1, 0.15) is 30.2 Å². The average molecular weight is 280 g/mol. The van der Waals surface area contributed by atoms with Gasteiger partial charge in [-0.05, 0) is 19.9 Å². The highest BCUT2D eigenvalue weighted by Crippen LogP contribution is 2.24. The zero-order valence-corrected chi connectivity index (χ0v) is 11.3. The molecule has 3 N–H and O–H groups in total. The lowest BCUT2D eigenvalue weighted by Gasteiger charge is -2.06. The third-order valence-corrected chi connectivity index (χ3v) is 2.81. The summed E-state index contributed by atoms with van der Waals surface area (Å²) in [5.74, 6) is -0.108. The number of rotatable bonds is 4. The number of primary amides is 1. The van der Waals surface area contributed by atoms with Crippen molar-refractivity contribution in [3.05, 3.63) is 35.2 Å². The molecule has 2 heterocycles. The molecule has 0 bridgehead atoms. The van der Waals surface area contributed by atoms with Crippen molar-refractivity contribution >= 4 is 29.0 Å². The number of halogens is 1. The Labute approximate surface area is 115 Å². The van der Waals surface area contributed by atoms with Crippen LogP contribution in [0.3, 0.4) is 0 Å². The highest BCUT2D eigenvalue weighted by Gasteiger charge is 2.09. The van der Waals surface area contributed by atoms with Crippen molar-refractivity contribution in [3.63, 3.8) is 0 Å². The second kappa shape index (κ2) is 5.27. The Morgan fingerprint density at radius 2 is 2.21 bits per heavy atom. The van der Waals surface area contributed by atoms with Crippen molar-refractivity contribution in [1.82, 2.24) is 14.8 Å². The van der Waals surface area contributed by atoms with Crippen LogP contribution < -0.4 is 11.1 Å². The quantitative estimate of drug-likeness (QED) is 0.899. The number of aromatic nitrogens is 3. The molecule has 0 fully saturated rings. The molecule has 100 valence electrons. The molecule has 6 nitrogen and oxygen atoms in total. The maximum atomic E-state index is 11.0. The summed E-state index contributed by atoms with van der Waals surface area (Å²) in [6.45, 7) is 4.06. The first-order valence-electron chi connectivity index (χ1n) is 5.74. The molecule has 0 aromatic carbocycles. The maximum absolute atomic E-state index is 11.0. The molecule has 0 spiro atoms. The molecule has 0 unspecified atom stereocenters. The number of hydrogen-bond acceptors (Lipinski definition) is 4. The maximum Gasteiger partial charge on any atom is 0.250 e. The summed E-state index contributed by atoms with van der Waals surface area (Å²) in [6.07, 6.45) is 4.91. The van der Waals surface area contributed by atoms with E-state index in [0.717, 1.165) is 5.69 Å². The Kier molecular flexibility index (Phi) is 3.71. The molecule has 0 saturated carbocycles. The van der Waals surface area contributed by atoms with E-state index in [4.69, 9.17) is 17.3 Å². The lowest BCUT2D eigenvalue weighted by Crippen LogP contribution is -2.11. The van der Waals surface area contributed by atoms with Crippen LogP contribution in [0.25, 0.3) is 0 Å². The van der Waals surface area contributed by atoms with Crippen LogP contribution in [0, 0.1) is 0 Å². The van der Waals surface area contributed by atoms with E-state index in [1.54, 1.807) is 6.20 Å². The predicted octanol–water partition coefficient (Wildman–Crippen LogP) is 2.35. The number of hydrogen-bond donors (Lipinski definition) is 2. The first-order chi connectivity index (χ1) is 8.97. The van der Waals surface area contributed by atoms with Gasteiger partial charge in [-0.1, -0.05) is 11.6 Å². The highest BCUT2D eigenvalue weighted by atomic mass is 35.5. The zero-order valence-electron chi connectivity index (χ0n) is 10.6. The summed E-state index contributed by atoms with van der Waals surface area (Å²) in [6, 6.07) is 1.75. The van der Waals surface area contributed by atoms with Gasteiger partial charge in [-0.2, -0.15) is 5.10 Å². The van der Waals surface area contributed by atoms with Gasteiger partial charge in [-0.3, -0.25) is 9.48 Å². The van der Waals surface area contributed by atoms with E-state index in [9.17, 15) is 4.79 Å². The summed E-state index contributed by atoms with van der Waals surface area (Å²) in [5, 5.41) is 7.56. The SMILES string of the molecule is CC(C)n1cc(Nc2ncc(C(N)=O)cc2Cl)cn1. The predicted molar refractivity (Wildman–Crippen MR) is 73.7 cm³/mol. The summed E-state index contributed by atoms with van der Waals surface area (Å²) in [4.78, 5) is 15.1. The van der Waals surface area contributed by atoms with Gasteiger partial charge < -0.3 is 11.1 Å². The van der Waals surface area contributed by atoms with Gasteiger partial charge in [0.05, 0.1) is 22.5 Å². The summed E-state index contributed by atoms with van der Waals surface area (Å²) in [5.41, 5.74) is 6.20. The second-order valence-corrected chi connectivity index (χ2v) is 4.75. The van der Waals surface area contributed by atoms with Crippen LogP contribution in [0.2, 0.25) is 5.02 Å². The van der Waals surface area contributed by atoms with Gasteiger partial charge >= 0.3 is 0 Å². The molecule has 19 heavy (non-hydrogen) atoms. The van der Waals surface area contributed by atoms with E-state index in [-0.39, 0.29) is 11.6 Å². The number of anilines is 2. The number of carbonyl (C=O) groups is 1. The Bertz CT molecular complexity index is 608. The van der Waals surface area contributed by atoms with Crippen LogP contribution in [-0.2, 0) is 0 Å². The van der Waals surface area contributed by atoms with E-state index >= 15 is 0 Å². The van der Waals surface area contributed by atoms with Crippen LogP contribution >= 0.6 is 11.6 Å². The molecular weight excluding hydrogens is 266 g/mol. The van der Waals surface area contributed by atoms with E-state index in [0.29, 0.717) is 10.8 Å². The van der Waals surface area contributed by atoms with E-state index in [1.807, 2.05) is 24.7 Å². The van der Waals surface area contributed by atoms with Gasteiger partial charge in [0, 0.05) is 18.4 Å². The number of nitrogens with two attached hydrogens (primary N) is 1. The molecule has 7 heteroatoms. The number of amides is 1. The van der Waals surface area contributed by atoms with E-state index in [1.165, 1.54) is 12.3 Å². The van der Waals surface area contributed by atoms with E-state index in [2.05, 4.69) is 15.4 Å². The molecular formula is C12H14ClN5O. The van der Waals surface area contributed by atoms with Crippen molar-refractivity contribution in [3.8, 4) is 0 Å². The largest absolute Gasteiger partial charge is 0.366 e. The molecule has 0 radical (unpaired) electrons. The third kappa shape index (κ3) is 3.03. The van der Waals surface area contributed by atoms with Gasteiger partial charge in [0.1, 0.15) is 5.82 Å². The summed E-state index contributed by atoms with van der Waals surface area (Å²) in [7, 11) is 0. The van der Waals surface area contributed by atoms with Crippen LogP contribution in [0.5, 0.6) is 0 Å². The fourth-order valence-electron chi connectivity index (χ4n) is 1.49. The molecule has 0 saturated heterocycles. The van der Waals surface area contributed by atoms with Crippen LogP contribution in [0.4, 0.5) is 11.5 Å². The lowest BCUT2D eigenvalue weighted by molar-refractivity contribution is 0.1000. The smallest absolute Gasteiger partial charge is 0.250 e. The first-order valence-corrected chi connectivity index (χ1v) is 6.11. The lowest BCUT2D eigenvalue weighted by atomic mass is 10.2. The minimum absolute atomic E-state index is 0.272. The summed E-state index contributed by atoms with van der Waals surface area (Å²) < 4.78 is 1.81. The van der Waals surface area contributed by atoms with Crippen molar-refractivity contribution < 1.29 is 4.79 Å². The van der Waals surface area contributed by atoms with Crippen LogP contribution in [0.15, 0.2) is 24.7 Å². The Morgan fingerprint density at radius 1 is 1.47 bits per heavy atom. The first kappa shape index (κ1) is 13.4. The zero-order chi connectivity index (χ0) is 14.0. The van der Waals surface area contributed by atoms with Crippen molar-refractivity contribution in [2.24, 2.45) is 5.73 Å². The number of carbonyl (C=O) groups excluding carboxylic acids is 1. The molecule has 0 atom stereocenters. The summed E-state index contributed by atoms with van der Waals surface area (Å²) >= 11 is 6.03. The van der Waals surface area contributed by atoms with Gasteiger partial charge in [0.15, 0.2) is 0 Å². The molecule has 0 aliphatic heterocycles. The number of nitrogens with one attached hydrogen (secondary N) is 1. The molecule has 0 aliphatic carbocycles. The second-order valence-electron chi connectivity index (χ2n) is 4.35. The fourth-order valence-corrected chi connectivity index (χ4v) is 1.70. The molecule has 2 rings (SSSR count). The standard InChI is InChI=1S/C12H14ClN5O/c1-7(2)18-6-9(5-16-18)17-12-10(13)3-8(4-15-12)11(14)19/h3-7H,1-2H3,(H2,14,19)(H,15,17). The Hall–Kier alpha value is -2.08. The molecule has 2 aromatic heterocycles. The monoisotopic (exact) mass is 279 g/mol.